The van der Waals surface area contributed by atoms with E-state index in [4.69, 9.17) is 4.74 Å². The van der Waals surface area contributed by atoms with E-state index < -0.39 is 0 Å². The summed E-state index contributed by atoms with van der Waals surface area (Å²) in [7, 11) is 0. The van der Waals surface area contributed by atoms with Crippen LogP contribution < -0.4 is 10.6 Å². The van der Waals surface area contributed by atoms with Crippen LogP contribution in [0.15, 0.2) is 30.6 Å². The minimum atomic E-state index is -0.390. The average Bonchev–Trinajstić information content (AvgIpc) is 3.41. The lowest BCUT2D eigenvalue weighted by Gasteiger charge is -2.51. The van der Waals surface area contributed by atoms with Crippen LogP contribution in [0.2, 0.25) is 0 Å². The molecule has 2 heterocycles. The van der Waals surface area contributed by atoms with E-state index in [1.807, 2.05) is 12.1 Å². The Hall–Kier alpha value is -2.97. The molecule has 0 spiro atoms. The second kappa shape index (κ2) is 8.51. The van der Waals surface area contributed by atoms with E-state index >= 15 is 0 Å². The Bertz CT molecular complexity index is 1510. The maximum absolute atomic E-state index is 12.9. The number of nitrogens with zero attached hydrogens (tertiary/aromatic N) is 4. The zero-order chi connectivity index (χ0) is 26.4. The van der Waals surface area contributed by atoms with Gasteiger partial charge in [0, 0.05) is 41.4 Å². The predicted molar refractivity (Wildman–Crippen MR) is 144 cm³/mol. The Kier molecular flexibility index (Phi) is 5.21. The van der Waals surface area contributed by atoms with Gasteiger partial charge < -0.3 is 20.5 Å². The van der Waals surface area contributed by atoms with E-state index in [0.717, 1.165) is 66.3 Å². The summed E-state index contributed by atoms with van der Waals surface area (Å²) in [5.41, 5.74) is 2.94. The van der Waals surface area contributed by atoms with E-state index in [2.05, 4.69) is 37.7 Å². The Morgan fingerprint density at radius 1 is 1.23 bits per heavy atom. The summed E-state index contributed by atoms with van der Waals surface area (Å²) in [4.78, 5) is 26.4. The molecule has 0 saturated heterocycles. The first kappa shape index (κ1) is 23.9. The fourth-order valence-corrected chi connectivity index (χ4v) is 8.75. The first-order chi connectivity index (χ1) is 19.0. The fraction of sp³-hybridized carbons (Fsp3) is 0.552. The quantitative estimate of drug-likeness (QED) is 0.392. The monoisotopic (exact) mass is 542 g/mol. The van der Waals surface area contributed by atoms with Crippen molar-refractivity contribution in [3.05, 3.63) is 36.4 Å². The lowest BCUT2D eigenvalue weighted by molar-refractivity contribution is -0.123. The molecular formula is C29H30N6O3S. The van der Waals surface area contributed by atoms with Gasteiger partial charge >= 0.3 is 0 Å². The van der Waals surface area contributed by atoms with Gasteiger partial charge in [0.05, 0.1) is 33.9 Å². The fourth-order valence-electron chi connectivity index (χ4n) is 7.84. The number of anilines is 1. The third kappa shape index (κ3) is 3.67. The average molecular weight is 543 g/mol. The molecule has 1 amide bonds. The van der Waals surface area contributed by atoms with Crippen molar-refractivity contribution in [2.45, 2.75) is 75.3 Å². The Balaban J connectivity index is 0.860. The van der Waals surface area contributed by atoms with Crippen molar-refractivity contribution in [3.63, 3.8) is 0 Å². The van der Waals surface area contributed by atoms with Crippen LogP contribution >= 0.6 is 11.3 Å². The van der Waals surface area contributed by atoms with Gasteiger partial charge in [-0.05, 0) is 68.6 Å². The smallest absolute Gasteiger partial charge is 0.229 e. The molecule has 8 rings (SSSR count). The number of amides is 1. The summed E-state index contributed by atoms with van der Waals surface area (Å²) in [6, 6.07) is 8.93. The molecule has 1 aromatic carbocycles. The second-order valence-electron chi connectivity index (χ2n) is 12.2. The molecular weight excluding hydrogens is 512 g/mol. The van der Waals surface area contributed by atoms with Crippen molar-refractivity contribution in [1.82, 2.24) is 20.3 Å². The van der Waals surface area contributed by atoms with Gasteiger partial charge in [0.25, 0.3) is 0 Å². The molecule has 0 bridgehead atoms. The molecule has 4 unspecified atom stereocenters. The van der Waals surface area contributed by atoms with E-state index in [1.165, 1.54) is 11.3 Å². The van der Waals surface area contributed by atoms with Crippen LogP contribution in [0.4, 0.5) is 5.13 Å². The number of nitriles is 1. The molecule has 2 aromatic heterocycles. The number of rotatable bonds is 8. The third-order valence-corrected chi connectivity index (χ3v) is 10.9. The number of aliphatic hydroxyl groups is 1. The summed E-state index contributed by atoms with van der Waals surface area (Å²) in [6.45, 7) is 0.292. The van der Waals surface area contributed by atoms with Crippen molar-refractivity contribution in [3.8, 4) is 17.2 Å². The molecule has 9 nitrogen and oxygen atoms in total. The van der Waals surface area contributed by atoms with Gasteiger partial charge in [0.15, 0.2) is 11.0 Å². The maximum Gasteiger partial charge on any atom is 0.229 e. The van der Waals surface area contributed by atoms with Gasteiger partial charge in [-0.15, -0.1) is 0 Å². The Labute approximate surface area is 230 Å². The minimum absolute atomic E-state index is 0.00551. The molecule has 5 aliphatic carbocycles. The van der Waals surface area contributed by atoms with E-state index in [0.29, 0.717) is 35.4 Å². The van der Waals surface area contributed by atoms with Gasteiger partial charge in [-0.1, -0.05) is 17.4 Å². The first-order valence-electron chi connectivity index (χ1n) is 14.0. The molecule has 5 fully saturated rings. The van der Waals surface area contributed by atoms with Crippen molar-refractivity contribution in [2.24, 2.45) is 23.2 Å². The van der Waals surface area contributed by atoms with Crippen LogP contribution in [0.3, 0.4) is 0 Å². The SMILES string of the molecule is N#CC12CC3(NC4CC(C(=O)Nc5nc6ccc(-c7cnc(CO[C@H]8CCC[C@@H]8O)nc7)cc6s5)C4)CC1C32. The summed E-state index contributed by atoms with van der Waals surface area (Å²) in [5.74, 6) is 1.86. The lowest BCUT2D eigenvalue weighted by Crippen LogP contribution is -2.64. The van der Waals surface area contributed by atoms with Crippen LogP contribution in [0, 0.1) is 34.5 Å². The number of fused-ring (bicyclic) bond motifs is 2. The number of nitrogens with one attached hydrogen (secondary N) is 2. The molecule has 5 saturated carbocycles. The van der Waals surface area contributed by atoms with Gasteiger partial charge in [-0.2, -0.15) is 5.26 Å². The summed E-state index contributed by atoms with van der Waals surface area (Å²) < 4.78 is 6.78. The minimum Gasteiger partial charge on any atom is -0.390 e. The van der Waals surface area contributed by atoms with Crippen LogP contribution in [-0.4, -0.2) is 49.8 Å². The zero-order valence-corrected chi connectivity index (χ0v) is 22.3. The number of carbonyl (C=O) groups excluding carboxylic acids is 1. The Morgan fingerprint density at radius 3 is 2.79 bits per heavy atom. The van der Waals surface area contributed by atoms with E-state index in [9.17, 15) is 15.2 Å². The molecule has 10 heteroatoms. The maximum atomic E-state index is 12.9. The molecule has 39 heavy (non-hydrogen) atoms. The normalized spacial score (nSPS) is 37.2. The number of carbonyl (C=O) groups is 1. The zero-order valence-electron chi connectivity index (χ0n) is 21.5. The number of thiazole rings is 1. The number of benzene rings is 1. The standard InChI is InChI=1S/C29H30N6O3S/c30-14-28-13-29(9-19(28)25(28)29)35-18-6-16(7-18)26(37)34-27-33-20-5-4-15(8-23(20)39-27)17-10-31-24(32-11-17)12-38-22-3-1-2-21(22)36/h4-5,8,10-11,16,18-19,21-22,25,35-36H,1-3,6-7,9,12-13H2,(H,33,34,37)/t16?,18?,19?,21-,22-,25?,28?,29?/m0/s1. The molecule has 6 atom stereocenters. The van der Waals surface area contributed by atoms with Gasteiger partial charge in [-0.25, -0.2) is 15.0 Å². The van der Waals surface area contributed by atoms with Crippen molar-refractivity contribution < 1.29 is 14.6 Å². The highest BCUT2D eigenvalue weighted by Gasteiger charge is 2.90. The summed E-state index contributed by atoms with van der Waals surface area (Å²) in [6.07, 6.45) is 9.57. The van der Waals surface area contributed by atoms with Crippen LogP contribution in [0.25, 0.3) is 21.3 Å². The molecule has 0 aliphatic heterocycles. The van der Waals surface area contributed by atoms with E-state index in [-0.39, 0.29) is 35.0 Å². The predicted octanol–water partition coefficient (Wildman–Crippen LogP) is 3.79. The highest BCUT2D eigenvalue weighted by atomic mass is 32.1. The Morgan fingerprint density at radius 2 is 2.08 bits per heavy atom. The number of ether oxygens (including phenoxy) is 1. The van der Waals surface area contributed by atoms with Gasteiger partial charge in [0.1, 0.15) is 6.61 Å². The lowest BCUT2D eigenvalue weighted by atomic mass is 9.64. The van der Waals surface area contributed by atoms with Crippen LogP contribution in [0.1, 0.15) is 50.8 Å². The molecule has 5 aliphatic rings. The molecule has 3 N–H and O–H groups in total. The molecule has 0 radical (unpaired) electrons. The third-order valence-electron chi connectivity index (χ3n) is 10.0. The van der Waals surface area contributed by atoms with Crippen molar-refractivity contribution >= 4 is 32.6 Å². The van der Waals surface area contributed by atoms with Crippen LogP contribution in [-0.2, 0) is 16.1 Å². The first-order valence-corrected chi connectivity index (χ1v) is 14.8. The number of aliphatic hydroxyl groups excluding tert-OH is 1. The van der Waals surface area contributed by atoms with Crippen LogP contribution in [0.5, 0.6) is 0 Å². The summed E-state index contributed by atoms with van der Waals surface area (Å²) >= 11 is 1.48. The highest BCUT2D eigenvalue weighted by Crippen LogP contribution is 2.87. The van der Waals surface area contributed by atoms with Crippen molar-refractivity contribution in [1.29, 1.82) is 5.26 Å². The van der Waals surface area contributed by atoms with E-state index in [1.54, 1.807) is 12.4 Å². The van der Waals surface area contributed by atoms with Gasteiger partial charge in [-0.3, -0.25) is 4.79 Å². The molecule has 3 aromatic rings. The summed E-state index contributed by atoms with van der Waals surface area (Å²) in [5, 5.41) is 26.8. The molecule has 200 valence electrons. The largest absolute Gasteiger partial charge is 0.390 e. The highest BCUT2D eigenvalue weighted by molar-refractivity contribution is 7.22. The number of hydrogen-bond donors (Lipinski definition) is 3. The second-order valence-corrected chi connectivity index (χ2v) is 13.2. The number of aromatic nitrogens is 3. The number of hydrogen-bond acceptors (Lipinski definition) is 9. The van der Waals surface area contributed by atoms with Gasteiger partial charge in [0.2, 0.25) is 5.91 Å². The van der Waals surface area contributed by atoms with Crippen molar-refractivity contribution in [2.75, 3.05) is 5.32 Å². The topological polar surface area (TPSA) is 133 Å².